The number of nitrogens with one attached hydrogen (secondary N) is 1. The van der Waals surface area contributed by atoms with Crippen molar-refractivity contribution in [3.05, 3.63) is 71.0 Å². The highest BCUT2D eigenvalue weighted by atomic mass is 32.2. The van der Waals surface area contributed by atoms with Gasteiger partial charge in [-0.3, -0.25) is 14.2 Å². The van der Waals surface area contributed by atoms with Crippen molar-refractivity contribution in [3.8, 4) is 5.75 Å². The summed E-state index contributed by atoms with van der Waals surface area (Å²) in [6, 6.07) is 18.9. The van der Waals surface area contributed by atoms with Gasteiger partial charge in [0.1, 0.15) is 5.75 Å². The molecule has 0 aliphatic heterocycles. The summed E-state index contributed by atoms with van der Waals surface area (Å²) in [7, 11) is 3.23. The zero-order chi connectivity index (χ0) is 21.3. The highest BCUT2D eigenvalue weighted by molar-refractivity contribution is 8.00. The molecule has 0 aliphatic carbocycles. The molecule has 1 N–H and O–H groups in total. The number of carbonyl (C=O) groups is 1. The van der Waals surface area contributed by atoms with E-state index in [1.165, 1.54) is 16.3 Å². The quantitative estimate of drug-likeness (QED) is 0.298. The number of amides is 1. The van der Waals surface area contributed by atoms with Gasteiger partial charge in [0.2, 0.25) is 5.91 Å². The van der Waals surface area contributed by atoms with Gasteiger partial charge in [-0.1, -0.05) is 48.2 Å². The largest absolute Gasteiger partial charge is 0.495 e. The number of anilines is 1. The minimum Gasteiger partial charge on any atom is -0.495 e. The summed E-state index contributed by atoms with van der Waals surface area (Å²) < 4.78 is 6.78. The second-order valence-electron chi connectivity index (χ2n) is 6.92. The number of methoxy groups -OCH3 is 1. The molecule has 0 unspecified atom stereocenters. The van der Waals surface area contributed by atoms with Crippen molar-refractivity contribution < 1.29 is 9.53 Å². The molecule has 4 rings (SSSR count). The van der Waals surface area contributed by atoms with Crippen molar-refractivity contribution >= 4 is 45.0 Å². The lowest BCUT2D eigenvalue weighted by molar-refractivity contribution is -0.115. The first-order valence-corrected chi connectivity index (χ1v) is 10.4. The average molecular weight is 420 g/mol. The zero-order valence-corrected chi connectivity index (χ0v) is 17.7. The lowest BCUT2D eigenvalue weighted by Crippen LogP contribution is -2.25. The summed E-state index contributed by atoms with van der Waals surface area (Å²) in [5.41, 5.74) is 1.09. The molecule has 7 heteroatoms. The normalized spacial score (nSPS) is 12.1. The van der Waals surface area contributed by atoms with Gasteiger partial charge in [-0.05, 0) is 42.0 Å². The van der Waals surface area contributed by atoms with Crippen molar-refractivity contribution in [1.82, 2.24) is 9.55 Å². The van der Waals surface area contributed by atoms with Crippen molar-refractivity contribution in [2.24, 2.45) is 7.05 Å². The van der Waals surface area contributed by atoms with Crippen molar-refractivity contribution in [3.63, 3.8) is 0 Å². The Morgan fingerprint density at radius 3 is 2.50 bits per heavy atom. The van der Waals surface area contributed by atoms with Crippen LogP contribution in [0.2, 0.25) is 0 Å². The van der Waals surface area contributed by atoms with Crippen LogP contribution >= 0.6 is 11.8 Å². The number of benzene rings is 3. The van der Waals surface area contributed by atoms with Crippen LogP contribution in [0.25, 0.3) is 21.7 Å². The molecule has 1 amide bonds. The fourth-order valence-electron chi connectivity index (χ4n) is 3.24. The third-order valence-corrected chi connectivity index (χ3v) is 6.06. The standard InChI is InChI=1S/C23H21N3O3S/c1-14(21(27)24-18-10-6-7-11-20(18)29-3)30-23-25-19-13-16-9-5-4-8-15(16)12-17(19)22(28)26(23)2/h4-14H,1-3H3,(H,24,27)/t14-/m0/s1. The van der Waals surface area contributed by atoms with Gasteiger partial charge in [0, 0.05) is 7.05 Å². The fourth-order valence-corrected chi connectivity index (χ4v) is 4.11. The zero-order valence-electron chi connectivity index (χ0n) is 16.9. The molecule has 3 aromatic carbocycles. The monoisotopic (exact) mass is 419 g/mol. The Morgan fingerprint density at radius 2 is 1.77 bits per heavy atom. The SMILES string of the molecule is COc1ccccc1NC(=O)[C@H](C)Sc1nc2cc3ccccc3cc2c(=O)n1C. The molecule has 30 heavy (non-hydrogen) atoms. The summed E-state index contributed by atoms with van der Waals surface area (Å²) in [4.78, 5) is 30.3. The van der Waals surface area contributed by atoms with E-state index in [1.807, 2.05) is 48.5 Å². The molecule has 6 nitrogen and oxygen atoms in total. The summed E-state index contributed by atoms with van der Waals surface area (Å²) >= 11 is 1.24. The first kappa shape index (κ1) is 20.0. The van der Waals surface area contributed by atoms with Gasteiger partial charge >= 0.3 is 0 Å². The van der Waals surface area contributed by atoms with Gasteiger partial charge < -0.3 is 10.1 Å². The molecule has 1 aromatic heterocycles. The van der Waals surface area contributed by atoms with Gasteiger partial charge in [0.05, 0.1) is 29.0 Å². The Labute approximate surface area is 177 Å². The number of para-hydroxylation sites is 2. The van der Waals surface area contributed by atoms with E-state index in [0.29, 0.717) is 27.5 Å². The molecule has 0 saturated carbocycles. The molecule has 0 aliphatic rings. The van der Waals surface area contributed by atoms with Crippen molar-refractivity contribution in [1.29, 1.82) is 0 Å². The summed E-state index contributed by atoms with van der Waals surface area (Å²) in [6.45, 7) is 1.78. The van der Waals surface area contributed by atoms with Crippen LogP contribution in [0.3, 0.4) is 0 Å². The van der Waals surface area contributed by atoms with Gasteiger partial charge in [-0.2, -0.15) is 0 Å². The first-order chi connectivity index (χ1) is 14.5. The fraction of sp³-hybridized carbons (Fsp3) is 0.174. The van der Waals surface area contributed by atoms with E-state index in [0.717, 1.165) is 10.8 Å². The van der Waals surface area contributed by atoms with Crippen LogP contribution < -0.4 is 15.6 Å². The predicted octanol–water partition coefficient (Wildman–Crippen LogP) is 4.21. The summed E-state index contributed by atoms with van der Waals surface area (Å²) in [6.07, 6.45) is 0. The number of fused-ring (bicyclic) bond motifs is 2. The van der Waals surface area contributed by atoms with E-state index in [9.17, 15) is 9.59 Å². The number of thioether (sulfide) groups is 1. The van der Waals surface area contributed by atoms with E-state index in [2.05, 4.69) is 10.3 Å². The van der Waals surface area contributed by atoms with Crippen molar-refractivity contribution in [2.75, 3.05) is 12.4 Å². The molecular formula is C23H21N3O3S. The molecule has 0 bridgehead atoms. The summed E-state index contributed by atoms with van der Waals surface area (Å²) in [5, 5.41) is 5.47. The molecular weight excluding hydrogens is 398 g/mol. The maximum Gasteiger partial charge on any atom is 0.261 e. The number of hydrogen-bond donors (Lipinski definition) is 1. The molecule has 0 fully saturated rings. The first-order valence-electron chi connectivity index (χ1n) is 9.48. The van der Waals surface area contributed by atoms with E-state index in [1.54, 1.807) is 33.2 Å². The van der Waals surface area contributed by atoms with Crippen LogP contribution in [-0.4, -0.2) is 27.8 Å². The molecule has 152 valence electrons. The van der Waals surface area contributed by atoms with E-state index in [4.69, 9.17) is 4.74 Å². The number of carbonyl (C=O) groups excluding carboxylic acids is 1. The predicted molar refractivity (Wildman–Crippen MR) is 121 cm³/mol. The van der Waals surface area contributed by atoms with Gasteiger partial charge in [-0.25, -0.2) is 4.98 Å². The highest BCUT2D eigenvalue weighted by Crippen LogP contribution is 2.27. The second-order valence-corrected chi connectivity index (χ2v) is 8.23. The topological polar surface area (TPSA) is 73.2 Å². The minimum absolute atomic E-state index is 0.134. The van der Waals surface area contributed by atoms with Gasteiger partial charge in [0.25, 0.3) is 5.56 Å². The van der Waals surface area contributed by atoms with Gasteiger partial charge in [0.15, 0.2) is 5.16 Å². The summed E-state index contributed by atoms with van der Waals surface area (Å²) in [5.74, 6) is 0.392. The molecule has 4 aromatic rings. The Hall–Kier alpha value is -3.32. The third-order valence-electron chi connectivity index (χ3n) is 4.92. The van der Waals surface area contributed by atoms with Crippen LogP contribution in [0.4, 0.5) is 5.69 Å². The van der Waals surface area contributed by atoms with Crippen LogP contribution in [0, 0.1) is 0 Å². The lowest BCUT2D eigenvalue weighted by Gasteiger charge is -2.15. The number of ether oxygens (including phenoxy) is 1. The Bertz CT molecular complexity index is 1320. The molecule has 1 atom stereocenters. The Balaban J connectivity index is 1.64. The van der Waals surface area contributed by atoms with Crippen molar-refractivity contribution in [2.45, 2.75) is 17.3 Å². The van der Waals surface area contributed by atoms with Crippen LogP contribution in [0.15, 0.2) is 70.6 Å². The van der Waals surface area contributed by atoms with Gasteiger partial charge in [-0.15, -0.1) is 0 Å². The third kappa shape index (κ3) is 3.76. The smallest absolute Gasteiger partial charge is 0.261 e. The molecule has 0 spiro atoms. The molecule has 0 saturated heterocycles. The van der Waals surface area contributed by atoms with E-state index in [-0.39, 0.29) is 11.5 Å². The van der Waals surface area contributed by atoms with Crippen LogP contribution in [0.1, 0.15) is 6.92 Å². The number of nitrogens with zero attached hydrogens (tertiary/aromatic N) is 2. The lowest BCUT2D eigenvalue weighted by atomic mass is 10.1. The van der Waals surface area contributed by atoms with Crippen LogP contribution in [0.5, 0.6) is 5.75 Å². The van der Waals surface area contributed by atoms with E-state index >= 15 is 0 Å². The Morgan fingerprint density at radius 1 is 1.10 bits per heavy atom. The molecule has 1 heterocycles. The number of aromatic nitrogens is 2. The van der Waals surface area contributed by atoms with Crippen LogP contribution in [-0.2, 0) is 11.8 Å². The maximum absolute atomic E-state index is 12.9. The maximum atomic E-state index is 12.9. The number of hydrogen-bond acceptors (Lipinski definition) is 5. The Kier molecular flexibility index (Phi) is 5.46. The number of rotatable bonds is 5. The molecule has 0 radical (unpaired) electrons. The minimum atomic E-state index is -0.467. The average Bonchev–Trinajstić information content (AvgIpc) is 2.76. The second kappa shape index (κ2) is 8.20. The highest BCUT2D eigenvalue weighted by Gasteiger charge is 2.19. The van der Waals surface area contributed by atoms with E-state index < -0.39 is 5.25 Å².